The number of hydrogen-bond acceptors (Lipinski definition) is 6. The number of thiazole rings is 1. The summed E-state index contributed by atoms with van der Waals surface area (Å²) in [6, 6.07) is 7.08. The van der Waals surface area contributed by atoms with Gasteiger partial charge < -0.3 is 9.15 Å². The topological polar surface area (TPSA) is 81.4 Å². The van der Waals surface area contributed by atoms with E-state index in [1.165, 1.54) is 23.6 Å². The van der Waals surface area contributed by atoms with Crippen LogP contribution in [0.25, 0.3) is 0 Å². The highest BCUT2D eigenvalue weighted by molar-refractivity contribution is 7.13. The lowest BCUT2D eigenvalue weighted by molar-refractivity contribution is 0.0993. The third kappa shape index (κ3) is 3.66. The molecule has 1 aromatic carbocycles. The van der Waals surface area contributed by atoms with Crippen molar-refractivity contribution < 1.29 is 18.3 Å². The summed E-state index contributed by atoms with van der Waals surface area (Å²) < 4.78 is 23.9. The minimum atomic E-state index is -0.595. The predicted molar refractivity (Wildman–Crippen MR) is 85.8 cm³/mol. The van der Waals surface area contributed by atoms with Crippen molar-refractivity contribution in [1.82, 2.24) is 4.98 Å². The lowest BCUT2D eigenvalue weighted by atomic mass is 10.2. The van der Waals surface area contributed by atoms with Gasteiger partial charge in [0, 0.05) is 23.2 Å². The van der Waals surface area contributed by atoms with Gasteiger partial charge in [-0.3, -0.25) is 14.9 Å². The van der Waals surface area contributed by atoms with Crippen molar-refractivity contribution >= 4 is 22.4 Å². The van der Waals surface area contributed by atoms with Gasteiger partial charge in [-0.2, -0.15) is 0 Å². The van der Waals surface area contributed by atoms with E-state index in [1.807, 2.05) is 0 Å². The van der Waals surface area contributed by atoms with Crippen LogP contribution in [-0.2, 0) is 6.61 Å². The number of amides is 1. The zero-order valence-electron chi connectivity index (χ0n) is 12.2. The quantitative estimate of drug-likeness (QED) is 0.768. The van der Waals surface area contributed by atoms with Crippen LogP contribution in [-0.4, -0.2) is 10.9 Å². The summed E-state index contributed by atoms with van der Waals surface area (Å²) in [6.07, 6.45) is 2.57. The second kappa shape index (κ2) is 7.05. The molecule has 24 heavy (non-hydrogen) atoms. The summed E-state index contributed by atoms with van der Waals surface area (Å²) in [5.41, 5.74) is -0.232. The van der Waals surface area contributed by atoms with Gasteiger partial charge in [0.15, 0.2) is 10.9 Å². The lowest BCUT2D eigenvalue weighted by Gasteiger charge is -2.06. The van der Waals surface area contributed by atoms with E-state index in [1.54, 1.807) is 23.6 Å². The Bertz CT molecular complexity index is 908. The Kier molecular flexibility index (Phi) is 4.66. The average Bonchev–Trinajstić information content (AvgIpc) is 3.08. The maximum absolute atomic E-state index is 13.5. The summed E-state index contributed by atoms with van der Waals surface area (Å²) in [4.78, 5) is 27.8. The first-order valence-electron chi connectivity index (χ1n) is 6.83. The number of aromatic nitrogens is 1. The smallest absolute Gasteiger partial charge is 0.293 e. The highest BCUT2D eigenvalue weighted by Gasteiger charge is 2.13. The van der Waals surface area contributed by atoms with Gasteiger partial charge in [-0.25, -0.2) is 9.37 Å². The van der Waals surface area contributed by atoms with Gasteiger partial charge in [0.2, 0.25) is 11.2 Å². The molecule has 2 aromatic heterocycles. The Balaban J connectivity index is 1.69. The van der Waals surface area contributed by atoms with E-state index >= 15 is 0 Å². The second-order valence-corrected chi connectivity index (χ2v) is 5.54. The summed E-state index contributed by atoms with van der Waals surface area (Å²) >= 11 is 1.24. The van der Waals surface area contributed by atoms with Crippen molar-refractivity contribution in [3.63, 3.8) is 0 Å². The Morgan fingerprint density at radius 2 is 2.21 bits per heavy atom. The van der Waals surface area contributed by atoms with Crippen molar-refractivity contribution in [1.29, 1.82) is 0 Å². The summed E-state index contributed by atoms with van der Waals surface area (Å²) in [5.74, 6) is -1.30. The van der Waals surface area contributed by atoms with Crippen LogP contribution in [0, 0.1) is 5.82 Å². The summed E-state index contributed by atoms with van der Waals surface area (Å²) in [5, 5.41) is 4.59. The van der Waals surface area contributed by atoms with Gasteiger partial charge in [-0.1, -0.05) is 18.2 Å². The van der Waals surface area contributed by atoms with E-state index in [9.17, 15) is 14.0 Å². The van der Waals surface area contributed by atoms with E-state index in [4.69, 9.17) is 9.15 Å². The maximum Gasteiger partial charge on any atom is 0.293 e. The van der Waals surface area contributed by atoms with E-state index < -0.39 is 17.2 Å². The molecule has 1 N–H and O–H groups in total. The molecular formula is C16H11FN2O4S. The van der Waals surface area contributed by atoms with Gasteiger partial charge in [0.05, 0.1) is 0 Å². The molecule has 0 saturated heterocycles. The third-order valence-corrected chi connectivity index (χ3v) is 3.70. The van der Waals surface area contributed by atoms with E-state index in [0.717, 1.165) is 12.3 Å². The predicted octanol–water partition coefficient (Wildman–Crippen LogP) is 3.07. The van der Waals surface area contributed by atoms with E-state index in [-0.39, 0.29) is 18.1 Å². The maximum atomic E-state index is 13.5. The minimum absolute atomic E-state index is 0.107. The molecule has 8 heteroatoms. The molecule has 0 atom stereocenters. The molecular weight excluding hydrogens is 335 g/mol. The highest BCUT2D eigenvalue weighted by atomic mass is 32.1. The van der Waals surface area contributed by atoms with Crippen LogP contribution in [0.3, 0.4) is 0 Å². The number of nitrogens with zero attached hydrogens (tertiary/aromatic N) is 1. The molecule has 0 aliphatic carbocycles. The minimum Gasteiger partial charge on any atom is -0.482 e. The number of carbonyl (C=O) groups excluding carboxylic acids is 1. The number of rotatable bonds is 5. The SMILES string of the molecule is O=C(Nc1nccs1)c1cc(=O)c(OCc2ccccc2F)co1. The molecule has 0 radical (unpaired) electrons. The van der Waals surface area contributed by atoms with Gasteiger partial charge >= 0.3 is 0 Å². The monoisotopic (exact) mass is 346 g/mol. The van der Waals surface area contributed by atoms with Crippen LogP contribution in [0.15, 0.2) is 57.4 Å². The van der Waals surface area contributed by atoms with Gasteiger partial charge in [0.25, 0.3) is 5.91 Å². The van der Waals surface area contributed by atoms with Crippen molar-refractivity contribution in [3.8, 4) is 5.75 Å². The van der Waals surface area contributed by atoms with E-state index in [0.29, 0.717) is 10.7 Å². The van der Waals surface area contributed by atoms with Crippen LogP contribution in [0.4, 0.5) is 9.52 Å². The Morgan fingerprint density at radius 3 is 2.92 bits per heavy atom. The van der Waals surface area contributed by atoms with Crippen molar-refractivity contribution in [2.24, 2.45) is 0 Å². The molecule has 0 aliphatic heterocycles. The van der Waals surface area contributed by atoms with Gasteiger partial charge in [-0.15, -0.1) is 11.3 Å². The first-order valence-corrected chi connectivity index (χ1v) is 7.71. The summed E-state index contributed by atoms with van der Waals surface area (Å²) in [6.45, 7) is -0.123. The van der Waals surface area contributed by atoms with E-state index in [2.05, 4.69) is 10.3 Å². The number of benzene rings is 1. The molecule has 3 rings (SSSR count). The number of hydrogen-bond donors (Lipinski definition) is 1. The molecule has 0 spiro atoms. The molecule has 2 heterocycles. The van der Waals surface area contributed by atoms with Crippen LogP contribution in [0.1, 0.15) is 16.1 Å². The molecule has 0 saturated carbocycles. The number of halogens is 1. The van der Waals surface area contributed by atoms with Crippen LogP contribution < -0.4 is 15.5 Å². The third-order valence-electron chi connectivity index (χ3n) is 3.02. The molecule has 6 nitrogen and oxygen atoms in total. The Hall–Kier alpha value is -3.00. The molecule has 0 bridgehead atoms. The van der Waals surface area contributed by atoms with Crippen molar-refractivity contribution in [3.05, 3.63) is 75.5 Å². The second-order valence-electron chi connectivity index (χ2n) is 4.64. The average molecular weight is 346 g/mol. The molecule has 1 amide bonds. The van der Waals surface area contributed by atoms with Gasteiger partial charge in [0.1, 0.15) is 18.7 Å². The zero-order valence-corrected chi connectivity index (χ0v) is 13.0. The fraction of sp³-hybridized carbons (Fsp3) is 0.0625. The number of carbonyl (C=O) groups is 1. The van der Waals surface area contributed by atoms with Crippen LogP contribution >= 0.6 is 11.3 Å². The normalized spacial score (nSPS) is 10.4. The highest BCUT2D eigenvalue weighted by Crippen LogP contribution is 2.14. The van der Waals surface area contributed by atoms with Crippen molar-refractivity contribution in [2.45, 2.75) is 6.61 Å². The number of nitrogens with one attached hydrogen (secondary N) is 1. The first kappa shape index (κ1) is 15.9. The fourth-order valence-electron chi connectivity index (χ4n) is 1.84. The molecule has 122 valence electrons. The largest absolute Gasteiger partial charge is 0.482 e. The Morgan fingerprint density at radius 1 is 1.38 bits per heavy atom. The first-order chi connectivity index (χ1) is 11.6. The molecule has 0 fully saturated rings. The molecule has 0 aliphatic rings. The summed E-state index contributed by atoms with van der Waals surface area (Å²) in [7, 11) is 0. The zero-order chi connectivity index (χ0) is 16.9. The standard InChI is InChI=1S/C16H11FN2O4S/c17-11-4-2-1-3-10(11)8-22-14-9-23-13(7-12(14)20)15(21)19-16-18-5-6-24-16/h1-7,9H,8H2,(H,18,19,21). The van der Waals surface area contributed by atoms with Gasteiger partial charge in [-0.05, 0) is 6.07 Å². The number of anilines is 1. The van der Waals surface area contributed by atoms with Crippen LogP contribution in [0.5, 0.6) is 5.75 Å². The van der Waals surface area contributed by atoms with Crippen LogP contribution in [0.2, 0.25) is 0 Å². The van der Waals surface area contributed by atoms with Crippen molar-refractivity contribution in [2.75, 3.05) is 5.32 Å². The lowest BCUT2D eigenvalue weighted by Crippen LogP contribution is -2.15. The Labute approximate surface area is 139 Å². The fourth-order valence-corrected chi connectivity index (χ4v) is 2.36. The number of ether oxygens (including phenoxy) is 1. The molecule has 0 unspecified atom stereocenters. The molecule has 3 aromatic rings.